The van der Waals surface area contributed by atoms with Crippen LogP contribution in [0.25, 0.3) is 5.65 Å². The van der Waals surface area contributed by atoms with E-state index in [4.69, 9.17) is 16.6 Å². The van der Waals surface area contributed by atoms with Crippen LogP contribution in [-0.2, 0) is 14.3 Å². The fourth-order valence-electron chi connectivity index (χ4n) is 2.38. The van der Waals surface area contributed by atoms with E-state index in [2.05, 4.69) is 19.6 Å². The molecule has 0 fully saturated rings. The molecule has 1 aromatic carbocycles. The first kappa shape index (κ1) is 23.0. The number of aromatic nitrogens is 3. The highest BCUT2D eigenvalue weighted by Gasteiger charge is 2.17. The fourth-order valence-corrected chi connectivity index (χ4v) is 2.38. The van der Waals surface area contributed by atoms with Crippen LogP contribution in [0, 0.1) is 0 Å². The Hall–Kier alpha value is -4.32. The zero-order valence-corrected chi connectivity index (χ0v) is 16.5. The van der Waals surface area contributed by atoms with E-state index in [0.29, 0.717) is 11.1 Å². The van der Waals surface area contributed by atoms with Crippen molar-refractivity contribution >= 4 is 29.5 Å². The van der Waals surface area contributed by atoms with Crippen molar-refractivity contribution in [2.45, 2.75) is 6.04 Å². The predicted molar refractivity (Wildman–Crippen MR) is 105 cm³/mol. The average molecular weight is 429 g/mol. The number of fused-ring (bicyclic) bond motifs is 1. The number of rotatable bonds is 5. The van der Waals surface area contributed by atoms with Crippen LogP contribution in [0.5, 0.6) is 0 Å². The molecule has 2 heterocycles. The Morgan fingerprint density at radius 2 is 1.65 bits per heavy atom. The third-order valence-corrected chi connectivity index (χ3v) is 3.97. The molecule has 0 bridgehead atoms. The van der Waals surface area contributed by atoms with Crippen molar-refractivity contribution in [1.29, 1.82) is 0 Å². The van der Waals surface area contributed by atoms with Gasteiger partial charge in [-0.25, -0.2) is 23.9 Å². The van der Waals surface area contributed by atoms with Gasteiger partial charge in [-0.05, 0) is 17.7 Å². The molecule has 5 N–H and O–H groups in total. The Kier molecular flexibility index (Phi) is 7.36. The van der Waals surface area contributed by atoms with Crippen LogP contribution in [0.2, 0.25) is 0 Å². The number of primary amides is 1. The van der Waals surface area contributed by atoms with Crippen molar-refractivity contribution in [3.8, 4) is 0 Å². The number of aromatic carboxylic acids is 1. The molecule has 1 amide bonds. The molecule has 0 aliphatic heterocycles. The third kappa shape index (κ3) is 5.39. The van der Waals surface area contributed by atoms with Gasteiger partial charge in [-0.15, -0.1) is 0 Å². The maximum Gasteiger partial charge on any atom is 0.356 e. The summed E-state index contributed by atoms with van der Waals surface area (Å²) >= 11 is 0. The molecule has 0 aliphatic carbocycles. The van der Waals surface area contributed by atoms with E-state index in [9.17, 15) is 19.2 Å². The average Bonchev–Trinajstić information content (AvgIpc) is 3.26. The number of carbonyl (C=O) groups excluding carboxylic acids is 3. The molecule has 3 rings (SSSR count). The number of benzene rings is 1. The highest BCUT2D eigenvalue weighted by atomic mass is 16.5. The number of methoxy groups -OCH3 is 2. The first-order valence-electron chi connectivity index (χ1n) is 8.59. The maximum absolute atomic E-state index is 11.4. The second-order valence-electron chi connectivity index (χ2n) is 5.92. The first-order chi connectivity index (χ1) is 14.7. The van der Waals surface area contributed by atoms with E-state index < -0.39 is 29.9 Å². The summed E-state index contributed by atoms with van der Waals surface area (Å²) in [5, 5.41) is 12.7. The Balaban J connectivity index is 0.000000221. The van der Waals surface area contributed by atoms with E-state index in [1.165, 1.54) is 43.1 Å². The second-order valence-corrected chi connectivity index (χ2v) is 5.92. The van der Waals surface area contributed by atoms with Gasteiger partial charge in [-0.2, -0.15) is 5.10 Å². The van der Waals surface area contributed by atoms with Gasteiger partial charge in [-0.1, -0.05) is 12.1 Å². The van der Waals surface area contributed by atoms with Crippen molar-refractivity contribution in [2.75, 3.05) is 14.2 Å². The molecule has 3 aromatic rings. The minimum Gasteiger partial charge on any atom is -0.477 e. The number of hydrogen-bond donors (Lipinski definition) is 3. The smallest absolute Gasteiger partial charge is 0.356 e. The molecule has 162 valence electrons. The monoisotopic (exact) mass is 429 g/mol. The van der Waals surface area contributed by atoms with Crippen LogP contribution in [-0.4, -0.2) is 57.7 Å². The lowest BCUT2D eigenvalue weighted by molar-refractivity contribution is -0.119. The molecular weight excluding hydrogens is 410 g/mol. The van der Waals surface area contributed by atoms with Crippen LogP contribution in [0.1, 0.15) is 42.9 Å². The summed E-state index contributed by atoms with van der Waals surface area (Å²) in [7, 11) is 2.50. The van der Waals surface area contributed by atoms with Crippen molar-refractivity contribution < 1.29 is 33.8 Å². The Morgan fingerprint density at radius 1 is 1.03 bits per heavy atom. The van der Waals surface area contributed by atoms with Gasteiger partial charge < -0.3 is 26.0 Å². The second kappa shape index (κ2) is 9.93. The Morgan fingerprint density at radius 3 is 2.16 bits per heavy atom. The molecule has 12 nitrogen and oxygen atoms in total. The number of carboxylic acid groups (broad SMARTS) is 1. The number of carboxylic acids is 1. The van der Waals surface area contributed by atoms with Gasteiger partial charge in [0.05, 0.1) is 26.0 Å². The molecule has 2 aromatic heterocycles. The lowest BCUT2D eigenvalue weighted by Crippen LogP contribution is -2.28. The minimum atomic E-state index is -1.21. The van der Waals surface area contributed by atoms with Gasteiger partial charge in [0.15, 0.2) is 17.0 Å². The Bertz CT molecular complexity index is 1120. The maximum atomic E-state index is 11.4. The van der Waals surface area contributed by atoms with Gasteiger partial charge in [0, 0.05) is 12.1 Å². The molecule has 0 radical (unpaired) electrons. The molecule has 0 saturated heterocycles. The number of carbonyl (C=O) groups is 4. The van der Waals surface area contributed by atoms with E-state index in [0.717, 1.165) is 6.07 Å². The summed E-state index contributed by atoms with van der Waals surface area (Å²) in [6.07, 6.45) is 1.42. The topological polar surface area (TPSA) is 189 Å². The normalized spacial score (nSPS) is 11.1. The quantitative estimate of drug-likeness (QED) is 0.471. The van der Waals surface area contributed by atoms with Gasteiger partial charge in [0.1, 0.15) is 6.04 Å². The highest BCUT2D eigenvalue weighted by molar-refractivity contribution is 5.93. The third-order valence-electron chi connectivity index (χ3n) is 3.97. The first-order valence-corrected chi connectivity index (χ1v) is 8.59. The summed E-state index contributed by atoms with van der Waals surface area (Å²) in [4.78, 5) is 47.9. The molecule has 1 atom stereocenters. The van der Waals surface area contributed by atoms with Crippen molar-refractivity contribution in [3.05, 3.63) is 65.1 Å². The van der Waals surface area contributed by atoms with Crippen LogP contribution in [0.3, 0.4) is 0 Å². The number of nitrogens with two attached hydrogens (primary N) is 2. The van der Waals surface area contributed by atoms with E-state index >= 15 is 0 Å². The molecule has 0 saturated carbocycles. The summed E-state index contributed by atoms with van der Waals surface area (Å²) in [5.41, 5.74) is 11.6. The van der Waals surface area contributed by atoms with Crippen molar-refractivity contribution in [2.24, 2.45) is 11.5 Å². The van der Waals surface area contributed by atoms with Crippen LogP contribution >= 0.6 is 0 Å². The van der Waals surface area contributed by atoms with Crippen LogP contribution in [0.15, 0.2) is 42.6 Å². The summed E-state index contributed by atoms with van der Waals surface area (Å²) in [6.45, 7) is 0. The summed E-state index contributed by atoms with van der Waals surface area (Å²) in [6, 6.07) is 7.97. The van der Waals surface area contributed by atoms with Crippen LogP contribution in [0.4, 0.5) is 0 Å². The van der Waals surface area contributed by atoms with E-state index in [1.54, 1.807) is 12.1 Å². The Labute approximate surface area is 175 Å². The summed E-state index contributed by atoms with van der Waals surface area (Å²) < 4.78 is 10.3. The van der Waals surface area contributed by atoms with Gasteiger partial charge in [0.25, 0.3) is 0 Å². The lowest BCUT2D eigenvalue weighted by atomic mass is 10.1. The van der Waals surface area contributed by atoms with E-state index in [-0.39, 0.29) is 17.0 Å². The molecule has 0 spiro atoms. The molecular formula is C19H19N5O7. The van der Waals surface area contributed by atoms with Gasteiger partial charge in [0.2, 0.25) is 5.91 Å². The van der Waals surface area contributed by atoms with Crippen LogP contribution < -0.4 is 11.5 Å². The lowest BCUT2D eigenvalue weighted by Gasteiger charge is -2.07. The number of esters is 2. The zero-order valence-electron chi connectivity index (χ0n) is 16.5. The minimum absolute atomic E-state index is 0.0231. The van der Waals surface area contributed by atoms with Crippen molar-refractivity contribution in [3.63, 3.8) is 0 Å². The number of hydrogen-bond acceptors (Lipinski definition) is 9. The molecule has 12 heteroatoms. The predicted octanol–water partition coefficient (Wildman–Crippen LogP) is 0.172. The highest BCUT2D eigenvalue weighted by Crippen LogP contribution is 2.12. The van der Waals surface area contributed by atoms with Crippen molar-refractivity contribution in [1.82, 2.24) is 14.6 Å². The van der Waals surface area contributed by atoms with Gasteiger partial charge >= 0.3 is 17.9 Å². The molecule has 31 heavy (non-hydrogen) atoms. The molecule has 0 aliphatic rings. The molecule has 0 unspecified atom stereocenters. The number of ether oxygens (including phenoxy) is 2. The number of amides is 1. The van der Waals surface area contributed by atoms with E-state index in [1.807, 2.05) is 0 Å². The largest absolute Gasteiger partial charge is 0.477 e. The summed E-state index contributed by atoms with van der Waals surface area (Å²) in [5.74, 6) is -2.93. The number of nitrogens with zero attached hydrogens (tertiary/aromatic N) is 3. The van der Waals surface area contributed by atoms with Gasteiger partial charge in [-0.3, -0.25) is 4.79 Å². The standard InChI is InChI=1S/C10H12N2O3.C9H7N3O4/c1-15-10(14)7-4-2-6(3-5-7)8(11)9(12)13;1-16-9(15)6-4-5(8(13)14)11-7-2-3-10-12(6)7/h2-5,8H,11H2,1H3,(H2,12,13);2-4H,1H3,(H,13,14)/t8-;/m1./s1. The fraction of sp³-hybridized carbons (Fsp3) is 0.158. The SMILES string of the molecule is COC(=O)c1cc(C(=O)O)nc2ccnn12.COC(=O)c1ccc([C@@H](N)C(N)=O)cc1. The zero-order chi connectivity index (χ0) is 23.1.